The fourth-order valence-electron chi connectivity index (χ4n) is 4.73. The Hall–Kier alpha value is -4.84. The number of fused-ring (bicyclic) bond motifs is 1. The third-order valence-corrected chi connectivity index (χ3v) is 7.12. The van der Waals surface area contributed by atoms with Crippen molar-refractivity contribution in [2.75, 3.05) is 7.11 Å². The Balaban J connectivity index is 1.32. The first kappa shape index (κ1) is 27.7. The molecule has 1 heterocycles. The Bertz CT molecular complexity index is 1650. The molecule has 1 amide bonds. The Morgan fingerprint density at radius 1 is 0.805 bits per heavy atom. The van der Waals surface area contributed by atoms with E-state index in [0.717, 1.165) is 33.3 Å². The van der Waals surface area contributed by atoms with Crippen molar-refractivity contribution in [2.45, 2.75) is 38.6 Å². The molecular weight excluding hydrogens is 512 g/mol. The molecule has 5 aromatic rings. The molecule has 0 bridgehead atoms. The number of hydrogen-bond donors (Lipinski definition) is 2. The highest BCUT2D eigenvalue weighted by molar-refractivity contribution is 5.98. The molecule has 0 radical (unpaired) electrons. The van der Waals surface area contributed by atoms with Crippen LogP contribution in [0.3, 0.4) is 0 Å². The summed E-state index contributed by atoms with van der Waals surface area (Å²) in [6, 6.07) is 32.8. The largest absolute Gasteiger partial charge is 0.469 e. The fraction of sp³-hybridized carbons (Fsp3) is 0.200. The molecule has 4 aromatic carbocycles. The molecule has 1 unspecified atom stereocenters. The normalized spacial score (nSPS) is 12.1. The number of nitrogens with one attached hydrogen (secondary N) is 2. The summed E-state index contributed by atoms with van der Waals surface area (Å²) in [7, 11) is 1.34. The molecule has 0 saturated heterocycles. The summed E-state index contributed by atoms with van der Waals surface area (Å²) in [6.07, 6.45) is 0.0130. The molecule has 0 aliphatic rings. The van der Waals surface area contributed by atoms with Crippen LogP contribution in [0, 0.1) is 0 Å². The van der Waals surface area contributed by atoms with E-state index >= 15 is 0 Å². The zero-order valence-corrected chi connectivity index (χ0v) is 23.7. The predicted octanol–water partition coefficient (Wildman–Crippen LogP) is 7.96. The molecule has 2 N–H and O–H groups in total. The van der Waals surface area contributed by atoms with Gasteiger partial charge in [0.1, 0.15) is 17.2 Å². The zero-order chi connectivity index (χ0) is 29.0. The van der Waals surface area contributed by atoms with E-state index in [2.05, 4.69) is 43.2 Å². The molecule has 0 aliphatic heterocycles. The Kier molecular flexibility index (Phi) is 7.92. The number of rotatable bonds is 8. The van der Waals surface area contributed by atoms with Crippen molar-refractivity contribution in [3.63, 3.8) is 0 Å². The van der Waals surface area contributed by atoms with Crippen LogP contribution in [0.25, 0.3) is 22.0 Å². The molecular formula is C35H34N2O4. The van der Waals surface area contributed by atoms with E-state index in [1.54, 1.807) is 6.07 Å². The second kappa shape index (κ2) is 11.7. The molecule has 1 atom stereocenters. The standard InChI is InChI=1S/C35H34N2O4/c1-35(2,3)27-14-16-28(17-15-27)41-29-18-19-30-26(20-29)21-32(36-30)34(39)37-31(22-33(38)40-4)25-12-10-24(11-13-25)23-8-6-5-7-9-23/h5-21,31,36H,22H2,1-4H3,(H,37,39). The monoisotopic (exact) mass is 546 g/mol. The number of amides is 1. The first-order chi connectivity index (χ1) is 19.7. The second-order valence-corrected chi connectivity index (χ2v) is 11.1. The van der Waals surface area contributed by atoms with Crippen LogP contribution in [-0.2, 0) is 14.9 Å². The topological polar surface area (TPSA) is 80.4 Å². The summed E-state index contributed by atoms with van der Waals surface area (Å²) in [5.41, 5.74) is 5.46. The Morgan fingerprint density at radius 2 is 1.46 bits per heavy atom. The molecule has 0 fully saturated rings. The van der Waals surface area contributed by atoms with Gasteiger partial charge in [0, 0.05) is 10.9 Å². The maximum Gasteiger partial charge on any atom is 0.307 e. The van der Waals surface area contributed by atoms with E-state index in [-0.39, 0.29) is 17.7 Å². The average molecular weight is 547 g/mol. The highest BCUT2D eigenvalue weighted by atomic mass is 16.5. The van der Waals surface area contributed by atoms with Crippen molar-refractivity contribution in [2.24, 2.45) is 0 Å². The Labute approximate surface area is 240 Å². The van der Waals surface area contributed by atoms with Gasteiger partial charge in [-0.3, -0.25) is 9.59 Å². The molecule has 208 valence electrons. The SMILES string of the molecule is COC(=O)CC(NC(=O)c1cc2cc(Oc3ccc(C(C)(C)C)cc3)ccc2[nH]1)c1ccc(-c2ccccc2)cc1. The van der Waals surface area contributed by atoms with E-state index in [9.17, 15) is 9.59 Å². The van der Waals surface area contributed by atoms with Crippen LogP contribution < -0.4 is 10.1 Å². The van der Waals surface area contributed by atoms with Crippen LogP contribution >= 0.6 is 0 Å². The first-order valence-corrected chi connectivity index (χ1v) is 13.6. The highest BCUT2D eigenvalue weighted by Gasteiger charge is 2.21. The summed E-state index contributed by atoms with van der Waals surface area (Å²) >= 11 is 0. The number of H-pyrrole nitrogens is 1. The zero-order valence-electron chi connectivity index (χ0n) is 23.7. The van der Waals surface area contributed by atoms with Crippen molar-refractivity contribution in [1.29, 1.82) is 0 Å². The lowest BCUT2D eigenvalue weighted by molar-refractivity contribution is -0.141. The number of benzene rings is 4. The van der Waals surface area contributed by atoms with Gasteiger partial charge in [-0.25, -0.2) is 0 Å². The molecule has 1 aromatic heterocycles. The second-order valence-electron chi connectivity index (χ2n) is 11.1. The van der Waals surface area contributed by atoms with Crippen molar-refractivity contribution >= 4 is 22.8 Å². The Morgan fingerprint density at radius 3 is 2.12 bits per heavy atom. The summed E-state index contributed by atoms with van der Waals surface area (Å²) < 4.78 is 11.0. The summed E-state index contributed by atoms with van der Waals surface area (Å²) in [4.78, 5) is 28.7. The van der Waals surface area contributed by atoms with Gasteiger partial charge >= 0.3 is 5.97 Å². The van der Waals surface area contributed by atoms with Gasteiger partial charge in [0.2, 0.25) is 0 Å². The quantitative estimate of drug-likeness (QED) is 0.194. The van der Waals surface area contributed by atoms with Crippen LogP contribution in [0.15, 0.2) is 103 Å². The molecule has 41 heavy (non-hydrogen) atoms. The minimum Gasteiger partial charge on any atom is -0.469 e. The molecule has 5 rings (SSSR count). The molecule has 0 aliphatic carbocycles. The van der Waals surface area contributed by atoms with Gasteiger partial charge in [0.25, 0.3) is 5.91 Å². The maximum absolute atomic E-state index is 13.3. The summed E-state index contributed by atoms with van der Waals surface area (Å²) in [5.74, 6) is 0.697. The third kappa shape index (κ3) is 6.67. The highest BCUT2D eigenvalue weighted by Crippen LogP contribution is 2.30. The van der Waals surface area contributed by atoms with Crippen molar-refractivity contribution in [1.82, 2.24) is 10.3 Å². The van der Waals surface area contributed by atoms with E-state index in [1.165, 1.54) is 12.7 Å². The van der Waals surface area contributed by atoms with Gasteiger partial charge < -0.3 is 19.8 Å². The lowest BCUT2D eigenvalue weighted by Crippen LogP contribution is -2.30. The molecule has 6 nitrogen and oxygen atoms in total. The van der Waals surface area contributed by atoms with Gasteiger partial charge in [-0.1, -0.05) is 87.5 Å². The van der Waals surface area contributed by atoms with E-state index in [1.807, 2.05) is 84.9 Å². The number of ether oxygens (including phenoxy) is 2. The molecule has 0 spiro atoms. The number of carbonyl (C=O) groups is 2. The van der Waals surface area contributed by atoms with Crippen molar-refractivity contribution in [3.8, 4) is 22.6 Å². The minimum absolute atomic E-state index is 0.0130. The third-order valence-electron chi connectivity index (χ3n) is 7.12. The first-order valence-electron chi connectivity index (χ1n) is 13.6. The summed E-state index contributed by atoms with van der Waals surface area (Å²) in [6.45, 7) is 6.53. The number of carbonyl (C=O) groups excluding carboxylic acids is 2. The van der Waals surface area contributed by atoms with Gasteiger partial charge in [0.05, 0.1) is 19.6 Å². The van der Waals surface area contributed by atoms with Crippen LogP contribution in [-0.4, -0.2) is 24.0 Å². The van der Waals surface area contributed by atoms with Crippen molar-refractivity contribution in [3.05, 3.63) is 120 Å². The van der Waals surface area contributed by atoms with Crippen molar-refractivity contribution < 1.29 is 19.1 Å². The number of aromatic nitrogens is 1. The predicted molar refractivity (Wildman–Crippen MR) is 162 cm³/mol. The van der Waals surface area contributed by atoms with Crippen LogP contribution in [0.2, 0.25) is 0 Å². The lowest BCUT2D eigenvalue weighted by atomic mass is 9.87. The van der Waals surface area contributed by atoms with Crippen LogP contribution in [0.4, 0.5) is 0 Å². The lowest BCUT2D eigenvalue weighted by Gasteiger charge is -2.19. The van der Waals surface area contributed by atoms with Gasteiger partial charge in [-0.15, -0.1) is 0 Å². The minimum atomic E-state index is -0.554. The number of hydrogen-bond acceptors (Lipinski definition) is 4. The van der Waals surface area contributed by atoms with E-state index < -0.39 is 12.0 Å². The average Bonchev–Trinajstić information content (AvgIpc) is 3.41. The van der Waals surface area contributed by atoms with E-state index in [4.69, 9.17) is 9.47 Å². The molecule has 0 saturated carbocycles. The fourth-order valence-corrected chi connectivity index (χ4v) is 4.73. The number of methoxy groups -OCH3 is 1. The van der Waals surface area contributed by atoms with Gasteiger partial charge in [-0.2, -0.15) is 0 Å². The van der Waals surface area contributed by atoms with Gasteiger partial charge in [-0.05, 0) is 64.1 Å². The van der Waals surface area contributed by atoms with Gasteiger partial charge in [0.15, 0.2) is 0 Å². The van der Waals surface area contributed by atoms with Crippen LogP contribution in [0.1, 0.15) is 54.8 Å². The molecule has 6 heteroatoms. The van der Waals surface area contributed by atoms with E-state index in [0.29, 0.717) is 11.4 Å². The van der Waals surface area contributed by atoms with Crippen LogP contribution in [0.5, 0.6) is 11.5 Å². The maximum atomic E-state index is 13.3. The number of esters is 1. The smallest absolute Gasteiger partial charge is 0.307 e. The summed E-state index contributed by atoms with van der Waals surface area (Å²) in [5, 5.41) is 3.85. The number of aromatic amines is 1.